The molecule has 0 fully saturated rings. The molecular formula is C18H14ClNO4. The summed E-state index contributed by atoms with van der Waals surface area (Å²) >= 11 is 6.20. The largest absolute Gasteiger partial charge is 0.486 e. The van der Waals surface area contributed by atoms with Crippen molar-refractivity contribution in [2.75, 3.05) is 13.2 Å². The molecule has 0 bridgehead atoms. The number of fused-ring (bicyclic) bond motifs is 2. The van der Waals surface area contributed by atoms with Crippen molar-refractivity contribution in [2.45, 2.75) is 6.54 Å². The minimum atomic E-state index is -0.280. The Kier molecular flexibility index (Phi) is 3.78. The first-order chi connectivity index (χ1) is 11.7. The average molecular weight is 344 g/mol. The number of ether oxygens (including phenoxy) is 2. The van der Waals surface area contributed by atoms with Crippen molar-refractivity contribution in [2.24, 2.45) is 0 Å². The Bertz CT molecular complexity index is 886. The van der Waals surface area contributed by atoms with Crippen LogP contribution in [0.15, 0.2) is 46.9 Å². The number of amides is 1. The van der Waals surface area contributed by atoms with Crippen LogP contribution in [0, 0.1) is 0 Å². The van der Waals surface area contributed by atoms with Crippen molar-refractivity contribution in [1.82, 2.24) is 5.32 Å². The van der Waals surface area contributed by atoms with Gasteiger partial charge in [-0.1, -0.05) is 29.8 Å². The highest BCUT2D eigenvalue weighted by Gasteiger charge is 2.17. The quantitative estimate of drug-likeness (QED) is 0.786. The first kappa shape index (κ1) is 14.9. The molecule has 122 valence electrons. The third-order valence-corrected chi connectivity index (χ3v) is 4.04. The summed E-state index contributed by atoms with van der Waals surface area (Å²) in [5.74, 6) is 1.15. The van der Waals surface area contributed by atoms with Crippen molar-refractivity contribution in [3.8, 4) is 11.5 Å². The van der Waals surface area contributed by atoms with Crippen molar-refractivity contribution >= 4 is 28.5 Å². The normalized spacial score (nSPS) is 13.0. The highest BCUT2D eigenvalue weighted by molar-refractivity contribution is 6.32. The van der Waals surface area contributed by atoms with E-state index in [1.807, 2.05) is 30.3 Å². The van der Waals surface area contributed by atoms with Crippen molar-refractivity contribution in [3.63, 3.8) is 0 Å². The number of hydrogen-bond acceptors (Lipinski definition) is 4. The fraction of sp³-hybridized carbons (Fsp3) is 0.167. The van der Waals surface area contributed by atoms with Crippen LogP contribution in [0.4, 0.5) is 0 Å². The van der Waals surface area contributed by atoms with Crippen LogP contribution in [-0.2, 0) is 6.54 Å². The average Bonchev–Trinajstić information content (AvgIpc) is 3.04. The third kappa shape index (κ3) is 2.78. The number of carbonyl (C=O) groups excluding carboxylic acids is 1. The molecule has 24 heavy (non-hydrogen) atoms. The van der Waals surface area contributed by atoms with E-state index in [-0.39, 0.29) is 11.7 Å². The molecule has 1 N–H and O–H groups in total. The first-order valence-electron chi connectivity index (χ1n) is 7.55. The summed E-state index contributed by atoms with van der Waals surface area (Å²) < 4.78 is 16.6. The number of halogens is 1. The van der Waals surface area contributed by atoms with Gasteiger partial charge >= 0.3 is 0 Å². The second kappa shape index (κ2) is 6.09. The Morgan fingerprint density at radius 1 is 1.12 bits per heavy atom. The van der Waals surface area contributed by atoms with Crippen LogP contribution in [0.25, 0.3) is 11.0 Å². The van der Waals surface area contributed by atoms with Crippen molar-refractivity contribution in [3.05, 3.63) is 58.8 Å². The summed E-state index contributed by atoms with van der Waals surface area (Å²) in [4.78, 5) is 12.3. The highest BCUT2D eigenvalue weighted by atomic mass is 35.5. The van der Waals surface area contributed by atoms with Gasteiger partial charge in [-0.15, -0.1) is 0 Å². The topological polar surface area (TPSA) is 60.7 Å². The van der Waals surface area contributed by atoms with E-state index in [9.17, 15) is 4.79 Å². The SMILES string of the molecule is O=C(NCc1cc(Cl)c2c(c1)OCCO2)c1cc2ccccc2o1. The molecule has 0 unspecified atom stereocenters. The van der Waals surface area contributed by atoms with Crippen LogP contribution in [0.2, 0.25) is 5.02 Å². The molecule has 2 heterocycles. The van der Waals surface area contributed by atoms with Crippen molar-refractivity contribution < 1.29 is 18.7 Å². The van der Waals surface area contributed by atoms with Gasteiger partial charge in [0.25, 0.3) is 5.91 Å². The van der Waals surface area contributed by atoms with Crippen LogP contribution < -0.4 is 14.8 Å². The summed E-state index contributed by atoms with van der Waals surface area (Å²) in [5, 5.41) is 4.19. The minimum Gasteiger partial charge on any atom is -0.486 e. The maximum atomic E-state index is 12.3. The number of para-hydroxylation sites is 1. The molecule has 0 saturated carbocycles. The van der Waals surface area contributed by atoms with Gasteiger partial charge in [0, 0.05) is 11.9 Å². The zero-order valence-corrected chi connectivity index (χ0v) is 13.4. The van der Waals surface area contributed by atoms with Crippen LogP contribution in [0.1, 0.15) is 16.1 Å². The molecule has 3 aromatic rings. The maximum absolute atomic E-state index is 12.3. The zero-order valence-electron chi connectivity index (χ0n) is 12.7. The molecular weight excluding hydrogens is 330 g/mol. The molecule has 1 aromatic heterocycles. The lowest BCUT2D eigenvalue weighted by Crippen LogP contribution is -2.22. The summed E-state index contributed by atoms with van der Waals surface area (Å²) in [5.41, 5.74) is 1.51. The van der Waals surface area contributed by atoms with Gasteiger partial charge in [0.1, 0.15) is 18.8 Å². The van der Waals surface area contributed by atoms with E-state index in [1.54, 1.807) is 12.1 Å². The predicted molar refractivity (Wildman–Crippen MR) is 89.8 cm³/mol. The van der Waals surface area contributed by atoms with Gasteiger partial charge in [0.2, 0.25) is 0 Å². The van der Waals surface area contributed by atoms with Gasteiger partial charge in [0.05, 0.1) is 5.02 Å². The molecule has 6 heteroatoms. The van der Waals surface area contributed by atoms with Crippen LogP contribution in [0.3, 0.4) is 0 Å². The molecule has 5 nitrogen and oxygen atoms in total. The third-order valence-electron chi connectivity index (χ3n) is 3.76. The van der Waals surface area contributed by atoms with E-state index in [1.165, 1.54) is 0 Å². The summed E-state index contributed by atoms with van der Waals surface area (Å²) in [7, 11) is 0. The molecule has 0 spiro atoms. The summed E-state index contributed by atoms with van der Waals surface area (Å²) in [6.45, 7) is 1.28. The molecule has 0 aliphatic carbocycles. The minimum absolute atomic E-state index is 0.278. The zero-order chi connectivity index (χ0) is 16.5. The standard InChI is InChI=1S/C18H14ClNO4/c19-13-7-11(8-15-17(13)23-6-5-22-15)10-20-18(21)16-9-12-3-1-2-4-14(12)24-16/h1-4,7-9H,5-6,10H2,(H,20,21). The molecule has 0 atom stereocenters. The van der Waals surface area contributed by atoms with Gasteiger partial charge < -0.3 is 19.2 Å². The highest BCUT2D eigenvalue weighted by Crippen LogP contribution is 2.38. The number of rotatable bonds is 3. The van der Waals surface area contributed by atoms with E-state index in [0.29, 0.717) is 41.9 Å². The van der Waals surface area contributed by atoms with Gasteiger partial charge in [-0.05, 0) is 29.8 Å². The smallest absolute Gasteiger partial charge is 0.287 e. The first-order valence-corrected chi connectivity index (χ1v) is 7.93. The number of furan rings is 1. The lowest BCUT2D eigenvalue weighted by molar-refractivity contribution is 0.0925. The Labute approximate surface area is 143 Å². The van der Waals surface area contributed by atoms with Gasteiger partial charge in [-0.25, -0.2) is 0 Å². The van der Waals surface area contributed by atoms with E-state index in [0.717, 1.165) is 10.9 Å². The predicted octanol–water partition coefficient (Wildman–Crippen LogP) is 3.79. The lowest BCUT2D eigenvalue weighted by Gasteiger charge is -2.20. The van der Waals surface area contributed by atoms with Crippen LogP contribution >= 0.6 is 11.6 Å². The van der Waals surface area contributed by atoms with Gasteiger partial charge in [-0.2, -0.15) is 0 Å². The summed E-state index contributed by atoms with van der Waals surface area (Å²) in [6, 6.07) is 12.8. The fourth-order valence-electron chi connectivity index (χ4n) is 2.63. The number of nitrogens with one attached hydrogen (secondary N) is 1. The van der Waals surface area contributed by atoms with Gasteiger partial charge in [-0.3, -0.25) is 4.79 Å². The van der Waals surface area contributed by atoms with E-state index in [2.05, 4.69) is 5.32 Å². The Balaban J connectivity index is 1.50. The molecule has 4 rings (SSSR count). The molecule has 2 aromatic carbocycles. The fourth-order valence-corrected chi connectivity index (χ4v) is 2.92. The lowest BCUT2D eigenvalue weighted by atomic mass is 10.2. The molecule has 0 radical (unpaired) electrons. The second-order valence-electron chi connectivity index (χ2n) is 5.43. The molecule has 1 aliphatic heterocycles. The monoisotopic (exact) mass is 343 g/mol. The Morgan fingerprint density at radius 3 is 2.83 bits per heavy atom. The number of benzene rings is 2. The van der Waals surface area contributed by atoms with E-state index in [4.69, 9.17) is 25.5 Å². The van der Waals surface area contributed by atoms with E-state index < -0.39 is 0 Å². The number of carbonyl (C=O) groups is 1. The molecule has 1 aliphatic rings. The molecule has 1 amide bonds. The summed E-state index contributed by atoms with van der Waals surface area (Å²) in [6.07, 6.45) is 0. The number of hydrogen-bond donors (Lipinski definition) is 1. The van der Waals surface area contributed by atoms with E-state index >= 15 is 0 Å². The second-order valence-corrected chi connectivity index (χ2v) is 5.84. The van der Waals surface area contributed by atoms with Gasteiger partial charge in [0.15, 0.2) is 17.3 Å². The molecule has 0 saturated heterocycles. The maximum Gasteiger partial charge on any atom is 0.287 e. The van der Waals surface area contributed by atoms with Crippen LogP contribution in [0.5, 0.6) is 11.5 Å². The van der Waals surface area contributed by atoms with Crippen LogP contribution in [-0.4, -0.2) is 19.1 Å². The van der Waals surface area contributed by atoms with Crippen molar-refractivity contribution in [1.29, 1.82) is 0 Å². The Morgan fingerprint density at radius 2 is 1.96 bits per heavy atom. The Hall–Kier alpha value is -2.66.